The molecule has 19 heavy (non-hydrogen) atoms. The molecule has 0 saturated heterocycles. The minimum Gasteiger partial charge on any atom is -0.389 e. The van der Waals surface area contributed by atoms with Gasteiger partial charge in [-0.1, -0.05) is 6.92 Å². The highest BCUT2D eigenvalue weighted by Gasteiger charge is 2.41. The van der Waals surface area contributed by atoms with Gasteiger partial charge in [-0.05, 0) is 31.6 Å². The Bertz CT molecular complexity index is 288. The lowest BCUT2D eigenvalue weighted by molar-refractivity contribution is -0.144. The molecule has 112 valence electrons. The number of nitrogens with zero attached hydrogens (tertiary/aromatic N) is 1. The topological polar surface area (TPSA) is 75.8 Å². The van der Waals surface area contributed by atoms with Gasteiger partial charge in [-0.3, -0.25) is 4.79 Å². The molecule has 5 nitrogen and oxygen atoms in total. The lowest BCUT2D eigenvalue weighted by Gasteiger charge is -2.40. The summed E-state index contributed by atoms with van der Waals surface area (Å²) in [7, 11) is 3.27. The minimum absolute atomic E-state index is 0.0667. The van der Waals surface area contributed by atoms with E-state index in [1.54, 1.807) is 11.9 Å². The molecule has 3 N–H and O–H groups in total. The fraction of sp³-hybridized carbons (Fsp3) is 0.929. The molecule has 0 radical (unpaired) electrons. The molecule has 1 amide bonds. The average molecular weight is 272 g/mol. The summed E-state index contributed by atoms with van der Waals surface area (Å²) >= 11 is 0. The summed E-state index contributed by atoms with van der Waals surface area (Å²) in [6, 6.07) is 0. The molecule has 1 unspecified atom stereocenters. The highest BCUT2D eigenvalue weighted by atomic mass is 16.5. The number of amides is 1. The summed E-state index contributed by atoms with van der Waals surface area (Å²) in [4.78, 5) is 14.2. The first-order valence-electron chi connectivity index (χ1n) is 7.08. The molecule has 1 aliphatic rings. The largest absolute Gasteiger partial charge is 0.389 e. The fourth-order valence-electron chi connectivity index (χ4n) is 2.87. The van der Waals surface area contributed by atoms with Gasteiger partial charge >= 0.3 is 0 Å². The second-order valence-electron chi connectivity index (χ2n) is 5.96. The molecule has 1 fully saturated rings. The molecule has 0 heterocycles. The van der Waals surface area contributed by atoms with Crippen molar-refractivity contribution in [1.82, 2.24) is 4.90 Å². The Balaban J connectivity index is 2.62. The lowest BCUT2D eigenvalue weighted by Crippen LogP contribution is -2.50. The van der Waals surface area contributed by atoms with Gasteiger partial charge in [0, 0.05) is 27.2 Å². The highest BCUT2D eigenvalue weighted by Crippen LogP contribution is 2.39. The molecular weight excluding hydrogens is 244 g/mol. The van der Waals surface area contributed by atoms with Gasteiger partial charge in [0.15, 0.2) is 0 Å². The van der Waals surface area contributed by atoms with E-state index >= 15 is 0 Å². The van der Waals surface area contributed by atoms with E-state index in [4.69, 9.17) is 10.5 Å². The number of likely N-dealkylation sites (N-methyl/N-ethyl adjacent to an activating group) is 1. The third-order valence-electron chi connectivity index (χ3n) is 4.27. The summed E-state index contributed by atoms with van der Waals surface area (Å²) in [5.74, 6) is 0.744. The number of hydrogen-bond donors (Lipinski definition) is 2. The molecule has 1 aliphatic carbocycles. The van der Waals surface area contributed by atoms with Crippen LogP contribution < -0.4 is 5.73 Å². The molecule has 0 aromatic carbocycles. The molecular formula is C14H28N2O3. The zero-order valence-corrected chi connectivity index (χ0v) is 12.4. The number of ether oxygens (including phenoxy) is 1. The highest BCUT2D eigenvalue weighted by molar-refractivity contribution is 5.83. The predicted molar refractivity (Wildman–Crippen MR) is 74.6 cm³/mol. The first-order valence-corrected chi connectivity index (χ1v) is 7.08. The van der Waals surface area contributed by atoms with Crippen molar-refractivity contribution >= 4 is 5.91 Å². The zero-order valence-electron chi connectivity index (χ0n) is 12.4. The van der Waals surface area contributed by atoms with Crippen molar-refractivity contribution in [2.45, 2.75) is 38.7 Å². The molecule has 1 rings (SSSR count). The van der Waals surface area contributed by atoms with Crippen molar-refractivity contribution in [1.29, 1.82) is 0 Å². The summed E-state index contributed by atoms with van der Waals surface area (Å²) in [5.41, 5.74) is 5.45. The smallest absolute Gasteiger partial charge is 0.229 e. The zero-order chi connectivity index (χ0) is 14.5. The standard InChI is InChI=1S/C14H28N2O3/c1-11-4-6-14(10-15,7-5-11)13(18)16(2)8-12(17)9-19-3/h11-12,17H,4-10,15H2,1-3H3. The van der Waals surface area contributed by atoms with E-state index in [1.807, 2.05) is 0 Å². The second-order valence-corrected chi connectivity index (χ2v) is 5.96. The summed E-state index contributed by atoms with van der Waals surface area (Å²) in [5, 5.41) is 9.72. The number of aliphatic hydroxyl groups is 1. The Morgan fingerprint density at radius 1 is 1.53 bits per heavy atom. The van der Waals surface area contributed by atoms with Crippen molar-refractivity contribution in [3.05, 3.63) is 0 Å². The van der Waals surface area contributed by atoms with Crippen LogP contribution in [0.2, 0.25) is 0 Å². The SMILES string of the molecule is COCC(O)CN(C)C(=O)C1(CN)CCC(C)CC1. The number of carbonyl (C=O) groups excluding carboxylic acids is 1. The van der Waals surface area contributed by atoms with Crippen LogP contribution in [0.3, 0.4) is 0 Å². The first kappa shape index (κ1) is 16.4. The third kappa shape index (κ3) is 4.16. The van der Waals surface area contributed by atoms with Crippen LogP contribution in [-0.2, 0) is 9.53 Å². The average Bonchev–Trinajstić information content (AvgIpc) is 2.39. The molecule has 0 aromatic heterocycles. The minimum atomic E-state index is -0.642. The third-order valence-corrected chi connectivity index (χ3v) is 4.27. The number of nitrogens with two attached hydrogens (primary N) is 1. The Hall–Kier alpha value is -0.650. The summed E-state index contributed by atoms with van der Waals surface area (Å²) < 4.78 is 4.88. The number of rotatable bonds is 6. The van der Waals surface area contributed by atoms with Gasteiger partial charge in [-0.2, -0.15) is 0 Å². The molecule has 5 heteroatoms. The van der Waals surface area contributed by atoms with Crippen molar-refractivity contribution < 1.29 is 14.6 Å². The Morgan fingerprint density at radius 2 is 2.11 bits per heavy atom. The Morgan fingerprint density at radius 3 is 2.58 bits per heavy atom. The monoisotopic (exact) mass is 272 g/mol. The summed E-state index contributed by atoms with van der Waals surface area (Å²) in [6.07, 6.45) is 3.17. The van der Waals surface area contributed by atoms with Crippen LogP contribution in [0.15, 0.2) is 0 Å². The molecule has 0 bridgehead atoms. The fourth-order valence-corrected chi connectivity index (χ4v) is 2.87. The number of aliphatic hydroxyl groups excluding tert-OH is 1. The molecule has 1 saturated carbocycles. The number of hydrogen-bond acceptors (Lipinski definition) is 4. The quantitative estimate of drug-likeness (QED) is 0.743. The van der Waals surface area contributed by atoms with Crippen molar-refractivity contribution in [3.8, 4) is 0 Å². The van der Waals surface area contributed by atoms with E-state index in [2.05, 4.69) is 6.92 Å². The lowest BCUT2D eigenvalue weighted by atomic mass is 9.70. The maximum atomic E-state index is 12.6. The van der Waals surface area contributed by atoms with Crippen molar-refractivity contribution in [2.24, 2.45) is 17.1 Å². The summed E-state index contributed by atoms with van der Waals surface area (Å²) in [6.45, 7) is 3.15. The van der Waals surface area contributed by atoms with E-state index in [9.17, 15) is 9.90 Å². The van der Waals surface area contributed by atoms with Gasteiger partial charge in [-0.25, -0.2) is 0 Å². The van der Waals surface area contributed by atoms with E-state index in [0.29, 0.717) is 19.0 Å². The van der Waals surface area contributed by atoms with E-state index < -0.39 is 11.5 Å². The van der Waals surface area contributed by atoms with Crippen molar-refractivity contribution in [3.63, 3.8) is 0 Å². The van der Waals surface area contributed by atoms with Crippen LogP contribution in [0.25, 0.3) is 0 Å². The first-order chi connectivity index (χ1) is 8.95. The van der Waals surface area contributed by atoms with Crippen molar-refractivity contribution in [2.75, 3.05) is 33.9 Å². The maximum Gasteiger partial charge on any atom is 0.229 e. The Kier molecular flexibility index (Phi) is 6.23. The van der Waals surface area contributed by atoms with Crippen LogP contribution in [0.5, 0.6) is 0 Å². The maximum absolute atomic E-state index is 12.6. The number of carbonyl (C=O) groups is 1. The van der Waals surface area contributed by atoms with Gasteiger partial charge in [0.2, 0.25) is 5.91 Å². The van der Waals surface area contributed by atoms with E-state index in [1.165, 1.54) is 7.11 Å². The van der Waals surface area contributed by atoms with Gasteiger partial charge < -0.3 is 20.5 Å². The molecule has 1 atom stereocenters. The Labute approximate surface area is 116 Å². The van der Waals surface area contributed by atoms with Crippen LogP contribution in [0.1, 0.15) is 32.6 Å². The van der Waals surface area contributed by atoms with Crippen LogP contribution in [0.4, 0.5) is 0 Å². The number of methoxy groups -OCH3 is 1. The van der Waals surface area contributed by atoms with Gasteiger partial charge in [0.1, 0.15) is 0 Å². The van der Waals surface area contributed by atoms with Crippen LogP contribution in [-0.4, -0.2) is 55.9 Å². The predicted octanol–water partition coefficient (Wildman–Crippen LogP) is 0.607. The molecule has 0 aromatic rings. The van der Waals surface area contributed by atoms with E-state index in [-0.39, 0.29) is 12.5 Å². The van der Waals surface area contributed by atoms with Gasteiger partial charge in [0.05, 0.1) is 18.1 Å². The normalized spacial score (nSPS) is 29.0. The van der Waals surface area contributed by atoms with Crippen LogP contribution >= 0.6 is 0 Å². The second kappa shape index (κ2) is 7.22. The van der Waals surface area contributed by atoms with Gasteiger partial charge in [0.25, 0.3) is 0 Å². The van der Waals surface area contributed by atoms with E-state index in [0.717, 1.165) is 25.7 Å². The van der Waals surface area contributed by atoms with Gasteiger partial charge in [-0.15, -0.1) is 0 Å². The van der Waals surface area contributed by atoms with Crippen LogP contribution in [0, 0.1) is 11.3 Å². The molecule has 0 aliphatic heterocycles. The molecule has 0 spiro atoms.